The molecule has 0 amide bonds. The molecule has 0 radical (unpaired) electrons. The van der Waals surface area contributed by atoms with Gasteiger partial charge in [0.15, 0.2) is 0 Å². The number of benzene rings is 1. The topological polar surface area (TPSA) is 13.1 Å². The highest BCUT2D eigenvalue weighted by atomic mass is 32.1. The maximum absolute atomic E-state index is 5.57. The molecule has 0 saturated heterocycles. The van der Waals surface area contributed by atoms with Crippen molar-refractivity contribution in [1.82, 2.24) is 0 Å². The Morgan fingerprint density at radius 2 is 1.94 bits per heavy atom. The summed E-state index contributed by atoms with van der Waals surface area (Å²) in [5, 5.41) is 3.35. The maximum atomic E-state index is 5.57. The fraction of sp³-hybridized carbons (Fsp3) is 0.143. The molecule has 0 aliphatic heterocycles. The molecule has 0 spiro atoms. The Morgan fingerprint density at radius 1 is 1.06 bits per heavy atom. The van der Waals surface area contributed by atoms with E-state index in [-0.39, 0.29) is 0 Å². The molecule has 0 saturated carbocycles. The van der Waals surface area contributed by atoms with Crippen molar-refractivity contribution in [1.29, 1.82) is 0 Å². The molecule has 2 heterocycles. The summed E-state index contributed by atoms with van der Waals surface area (Å²) in [6.45, 7) is 4.24. The van der Waals surface area contributed by atoms with E-state index in [1.165, 1.54) is 27.0 Å². The Kier molecular flexibility index (Phi) is 2.11. The van der Waals surface area contributed by atoms with Crippen LogP contribution in [0.15, 0.2) is 40.3 Å². The molecule has 0 N–H and O–H groups in total. The molecule has 80 valence electrons. The van der Waals surface area contributed by atoms with Crippen molar-refractivity contribution in [3.05, 3.63) is 47.0 Å². The number of fused-ring (bicyclic) bond motifs is 1. The van der Waals surface area contributed by atoms with Gasteiger partial charge in [-0.3, -0.25) is 0 Å². The number of thiophene rings is 1. The molecule has 2 heteroatoms. The average Bonchev–Trinajstić information content (AvgIpc) is 2.84. The van der Waals surface area contributed by atoms with Crippen molar-refractivity contribution in [3.63, 3.8) is 0 Å². The van der Waals surface area contributed by atoms with Gasteiger partial charge in [-0.2, -0.15) is 0 Å². The second-order valence-corrected chi connectivity index (χ2v) is 5.05. The minimum Gasteiger partial charge on any atom is -0.464 e. The molecule has 1 aromatic carbocycles. The van der Waals surface area contributed by atoms with Gasteiger partial charge in [-0.15, -0.1) is 11.3 Å². The lowest BCUT2D eigenvalue weighted by atomic mass is 10.1. The van der Waals surface area contributed by atoms with Crippen LogP contribution < -0.4 is 0 Å². The van der Waals surface area contributed by atoms with Gasteiger partial charge in [0, 0.05) is 15.8 Å². The van der Waals surface area contributed by atoms with Gasteiger partial charge >= 0.3 is 0 Å². The van der Waals surface area contributed by atoms with Crippen LogP contribution in [0.25, 0.3) is 21.4 Å². The van der Waals surface area contributed by atoms with Gasteiger partial charge in [-0.1, -0.05) is 0 Å². The highest BCUT2D eigenvalue weighted by Gasteiger charge is 2.09. The zero-order valence-electron chi connectivity index (χ0n) is 9.28. The smallest absolute Gasteiger partial charge is 0.142 e. The summed E-state index contributed by atoms with van der Waals surface area (Å²) >= 11 is 1.77. The van der Waals surface area contributed by atoms with E-state index in [0.717, 1.165) is 5.58 Å². The zero-order valence-corrected chi connectivity index (χ0v) is 10.1. The Hall–Kier alpha value is -1.54. The van der Waals surface area contributed by atoms with Crippen molar-refractivity contribution in [2.75, 3.05) is 0 Å². The van der Waals surface area contributed by atoms with Crippen LogP contribution >= 0.6 is 11.3 Å². The van der Waals surface area contributed by atoms with Crippen molar-refractivity contribution in [2.24, 2.45) is 0 Å². The Balaban J connectivity index is 2.33. The van der Waals surface area contributed by atoms with E-state index in [1.54, 1.807) is 17.6 Å². The summed E-state index contributed by atoms with van der Waals surface area (Å²) in [4.78, 5) is 1.28. The lowest BCUT2D eigenvalue weighted by Gasteiger charge is -2.01. The molecule has 0 unspecified atom stereocenters. The van der Waals surface area contributed by atoms with Crippen molar-refractivity contribution in [2.45, 2.75) is 13.8 Å². The van der Waals surface area contributed by atoms with Crippen LogP contribution in [-0.2, 0) is 0 Å². The van der Waals surface area contributed by atoms with E-state index in [2.05, 4.69) is 37.4 Å². The van der Waals surface area contributed by atoms with E-state index >= 15 is 0 Å². The first kappa shape index (κ1) is 9.67. The lowest BCUT2D eigenvalue weighted by Crippen LogP contribution is -1.78. The molecule has 0 bridgehead atoms. The number of hydrogen-bond acceptors (Lipinski definition) is 2. The minimum atomic E-state index is 0.993. The molecule has 0 aliphatic carbocycles. The molecule has 1 nitrogen and oxygen atoms in total. The standard InChI is InChI=1S/C14H12OS/c1-9-5-11-3-4-15-14(11)12(6-9)13-7-10(2)8-16-13/h3-8H,1-2H3. The predicted molar refractivity (Wildman–Crippen MR) is 69.0 cm³/mol. The normalized spacial score (nSPS) is 11.1. The summed E-state index contributed by atoms with van der Waals surface area (Å²) in [5.74, 6) is 0. The second-order valence-electron chi connectivity index (χ2n) is 4.14. The van der Waals surface area contributed by atoms with Crippen LogP contribution in [0.4, 0.5) is 0 Å². The highest BCUT2D eigenvalue weighted by molar-refractivity contribution is 7.13. The van der Waals surface area contributed by atoms with Crippen LogP contribution in [0.3, 0.4) is 0 Å². The number of rotatable bonds is 1. The molecular formula is C14H12OS. The molecule has 16 heavy (non-hydrogen) atoms. The molecule has 2 aromatic heterocycles. The SMILES string of the molecule is Cc1csc(-c2cc(C)cc3ccoc23)c1. The molecule has 3 rings (SSSR count). The minimum absolute atomic E-state index is 0.993. The van der Waals surface area contributed by atoms with Crippen LogP contribution in [0.2, 0.25) is 0 Å². The summed E-state index contributed by atoms with van der Waals surface area (Å²) in [6, 6.07) is 8.58. The van der Waals surface area contributed by atoms with Gasteiger partial charge in [-0.25, -0.2) is 0 Å². The molecule has 0 atom stereocenters. The first-order valence-electron chi connectivity index (χ1n) is 5.27. The van der Waals surface area contributed by atoms with Gasteiger partial charge in [0.25, 0.3) is 0 Å². The fourth-order valence-corrected chi connectivity index (χ4v) is 2.90. The third kappa shape index (κ3) is 1.46. The summed E-state index contributed by atoms with van der Waals surface area (Å²) in [5.41, 5.74) is 4.78. The fourth-order valence-electron chi connectivity index (χ4n) is 1.99. The van der Waals surface area contributed by atoms with E-state index in [9.17, 15) is 0 Å². The maximum Gasteiger partial charge on any atom is 0.142 e. The van der Waals surface area contributed by atoms with E-state index < -0.39 is 0 Å². The number of furan rings is 1. The van der Waals surface area contributed by atoms with E-state index in [0.29, 0.717) is 0 Å². The van der Waals surface area contributed by atoms with Crippen LogP contribution in [0, 0.1) is 13.8 Å². The van der Waals surface area contributed by atoms with Crippen LogP contribution in [0.1, 0.15) is 11.1 Å². The van der Waals surface area contributed by atoms with Crippen molar-refractivity contribution in [3.8, 4) is 10.4 Å². The van der Waals surface area contributed by atoms with Crippen LogP contribution in [-0.4, -0.2) is 0 Å². The number of aryl methyl sites for hydroxylation is 2. The van der Waals surface area contributed by atoms with Gasteiger partial charge in [0.1, 0.15) is 5.58 Å². The van der Waals surface area contributed by atoms with E-state index in [1.807, 2.05) is 6.07 Å². The lowest BCUT2D eigenvalue weighted by molar-refractivity contribution is 0.617. The second kappa shape index (κ2) is 3.49. The first-order valence-corrected chi connectivity index (χ1v) is 6.15. The third-order valence-electron chi connectivity index (χ3n) is 2.69. The summed E-state index contributed by atoms with van der Waals surface area (Å²) < 4.78 is 5.57. The highest BCUT2D eigenvalue weighted by Crippen LogP contribution is 2.34. The molecule has 3 aromatic rings. The van der Waals surface area contributed by atoms with Gasteiger partial charge in [0.2, 0.25) is 0 Å². The molecular weight excluding hydrogens is 216 g/mol. The van der Waals surface area contributed by atoms with Crippen molar-refractivity contribution >= 4 is 22.3 Å². The van der Waals surface area contributed by atoms with Gasteiger partial charge < -0.3 is 4.42 Å². The summed E-state index contributed by atoms with van der Waals surface area (Å²) in [6.07, 6.45) is 1.76. The first-order chi connectivity index (χ1) is 7.74. The van der Waals surface area contributed by atoms with Gasteiger partial charge in [0.05, 0.1) is 6.26 Å². The largest absolute Gasteiger partial charge is 0.464 e. The average molecular weight is 228 g/mol. The number of hydrogen-bond donors (Lipinski definition) is 0. The Bertz CT molecular complexity index is 646. The Morgan fingerprint density at radius 3 is 2.69 bits per heavy atom. The van der Waals surface area contributed by atoms with Crippen LogP contribution in [0.5, 0.6) is 0 Å². The van der Waals surface area contributed by atoms with E-state index in [4.69, 9.17) is 4.42 Å². The predicted octanol–water partition coefficient (Wildman–Crippen LogP) is 4.78. The third-order valence-corrected chi connectivity index (χ3v) is 3.77. The quantitative estimate of drug-likeness (QED) is 0.584. The summed E-state index contributed by atoms with van der Waals surface area (Å²) in [7, 11) is 0. The monoisotopic (exact) mass is 228 g/mol. The Labute approximate surface area is 98.3 Å². The molecule has 0 fully saturated rings. The van der Waals surface area contributed by atoms with Gasteiger partial charge in [-0.05, 0) is 54.6 Å². The zero-order chi connectivity index (χ0) is 11.1. The molecule has 0 aliphatic rings. The van der Waals surface area contributed by atoms with Crippen molar-refractivity contribution < 1.29 is 4.42 Å².